The number of rotatable bonds is 28. The largest absolute Gasteiger partial charge is 0.381 e. The van der Waals surface area contributed by atoms with Gasteiger partial charge in [-0.1, -0.05) is 104 Å². The smallest absolute Gasteiger partial charge is 0.0787 e. The molecule has 0 spiro atoms. The van der Waals surface area contributed by atoms with Crippen LogP contribution in [0.5, 0.6) is 0 Å². The maximum atomic E-state index is 6.42. The lowest BCUT2D eigenvalue weighted by molar-refractivity contribution is -0.874. The molecule has 0 aromatic carbocycles. The minimum Gasteiger partial charge on any atom is -0.381 e. The van der Waals surface area contributed by atoms with Crippen molar-refractivity contribution < 1.29 is 18.4 Å². The van der Waals surface area contributed by atoms with Gasteiger partial charge in [0.25, 0.3) is 0 Å². The first kappa shape index (κ1) is 36.8. The van der Waals surface area contributed by atoms with Gasteiger partial charge in [-0.2, -0.15) is 0 Å². The zero-order chi connectivity index (χ0) is 27.9. The first-order chi connectivity index (χ1) is 17.5. The van der Waals surface area contributed by atoms with Crippen LogP contribution >= 0.6 is 0 Å². The fraction of sp³-hybridized carbons (Fsp3) is 1.00. The third-order valence-electron chi connectivity index (χ3n) is 7.73. The van der Waals surface area contributed by atoms with Crippen LogP contribution in [0.25, 0.3) is 0 Å². The summed E-state index contributed by atoms with van der Waals surface area (Å²) in [5.41, 5.74) is 0.122. The molecule has 0 aliphatic heterocycles. The predicted octanol–water partition coefficient (Wildman–Crippen LogP) is 8.48. The standard InChI is InChI=1S/C33H72N2O2/c1-9-11-13-15-17-19-21-23-29-36-31-33(25-27-34(3,4)5,26-28-35(6,7)8)32-37-30-24-22-20-18-16-14-12-10-2/h9-32H2,1-8H3/q+2. The number of hydrogen-bond donors (Lipinski definition) is 0. The number of hydrogen-bond acceptors (Lipinski definition) is 2. The lowest BCUT2D eigenvalue weighted by Gasteiger charge is -2.38. The van der Waals surface area contributed by atoms with Crippen LogP contribution < -0.4 is 0 Å². The lowest BCUT2D eigenvalue weighted by atomic mass is 9.81. The summed E-state index contributed by atoms with van der Waals surface area (Å²) in [5, 5.41) is 0. The van der Waals surface area contributed by atoms with Crippen LogP contribution in [0.3, 0.4) is 0 Å². The average molecular weight is 529 g/mol. The molecule has 0 atom stereocenters. The van der Waals surface area contributed by atoms with Gasteiger partial charge in [0.1, 0.15) is 0 Å². The van der Waals surface area contributed by atoms with E-state index >= 15 is 0 Å². The topological polar surface area (TPSA) is 18.5 Å². The van der Waals surface area contributed by atoms with Crippen molar-refractivity contribution in [2.75, 3.05) is 81.8 Å². The van der Waals surface area contributed by atoms with Gasteiger partial charge in [0, 0.05) is 31.5 Å². The first-order valence-corrected chi connectivity index (χ1v) is 16.3. The van der Waals surface area contributed by atoms with Crippen molar-refractivity contribution >= 4 is 0 Å². The van der Waals surface area contributed by atoms with Crippen LogP contribution in [0.1, 0.15) is 129 Å². The molecule has 0 aliphatic carbocycles. The molecule has 0 unspecified atom stereocenters. The SMILES string of the molecule is CCCCCCCCCCOCC(CC[N+](C)(C)C)(CC[N+](C)(C)C)COCCCCCCCCCC. The molecule has 4 heteroatoms. The molecule has 37 heavy (non-hydrogen) atoms. The van der Waals surface area contributed by atoms with E-state index in [-0.39, 0.29) is 5.41 Å². The van der Waals surface area contributed by atoms with Crippen molar-refractivity contribution in [1.29, 1.82) is 0 Å². The number of ether oxygens (including phenoxy) is 2. The molecule has 0 aromatic rings. The summed E-state index contributed by atoms with van der Waals surface area (Å²) in [4.78, 5) is 0. The van der Waals surface area contributed by atoms with Crippen molar-refractivity contribution in [3.05, 3.63) is 0 Å². The second-order valence-electron chi connectivity index (χ2n) is 14.1. The van der Waals surface area contributed by atoms with E-state index in [1.807, 2.05) is 0 Å². The van der Waals surface area contributed by atoms with Gasteiger partial charge in [0.15, 0.2) is 0 Å². The highest BCUT2D eigenvalue weighted by atomic mass is 16.5. The molecular weight excluding hydrogens is 456 g/mol. The highest BCUT2D eigenvalue weighted by Crippen LogP contribution is 2.30. The number of quaternary nitrogens is 2. The van der Waals surface area contributed by atoms with E-state index in [1.54, 1.807) is 0 Å². The van der Waals surface area contributed by atoms with Crippen LogP contribution in [-0.2, 0) is 9.47 Å². The van der Waals surface area contributed by atoms with Crippen LogP contribution in [-0.4, -0.2) is 90.8 Å². The molecule has 0 rings (SSSR count). The molecule has 0 aromatic heterocycles. The maximum Gasteiger partial charge on any atom is 0.0787 e. The second-order valence-corrected chi connectivity index (χ2v) is 14.1. The van der Waals surface area contributed by atoms with Crippen molar-refractivity contribution in [2.45, 2.75) is 129 Å². The molecule has 0 amide bonds. The lowest BCUT2D eigenvalue weighted by Crippen LogP contribution is -2.45. The van der Waals surface area contributed by atoms with Gasteiger partial charge in [-0.05, 0) is 12.8 Å². The van der Waals surface area contributed by atoms with Gasteiger partial charge in [-0.25, -0.2) is 0 Å². The molecule has 224 valence electrons. The van der Waals surface area contributed by atoms with E-state index in [0.717, 1.165) is 35.4 Å². The van der Waals surface area contributed by atoms with Gasteiger partial charge >= 0.3 is 0 Å². The minimum atomic E-state index is 0.122. The van der Waals surface area contributed by atoms with E-state index < -0.39 is 0 Å². The molecule has 0 radical (unpaired) electrons. The van der Waals surface area contributed by atoms with Gasteiger partial charge in [0.05, 0.1) is 68.6 Å². The molecule has 0 bridgehead atoms. The number of nitrogens with zero attached hydrogens (tertiary/aromatic N) is 2. The van der Waals surface area contributed by atoms with E-state index in [0.29, 0.717) is 0 Å². The van der Waals surface area contributed by atoms with E-state index in [9.17, 15) is 0 Å². The normalized spacial score (nSPS) is 13.0. The average Bonchev–Trinajstić information content (AvgIpc) is 2.82. The molecular formula is C33H72N2O2+2. The highest BCUT2D eigenvalue weighted by Gasteiger charge is 2.35. The van der Waals surface area contributed by atoms with Crippen molar-refractivity contribution in [3.63, 3.8) is 0 Å². The zero-order valence-corrected chi connectivity index (χ0v) is 27.2. The summed E-state index contributed by atoms with van der Waals surface area (Å²) in [5.74, 6) is 0. The Balaban J connectivity index is 4.66. The Hall–Kier alpha value is -0.160. The summed E-state index contributed by atoms with van der Waals surface area (Å²) in [7, 11) is 13.9. The molecule has 0 N–H and O–H groups in total. The minimum absolute atomic E-state index is 0.122. The van der Waals surface area contributed by atoms with Gasteiger partial charge in [0.2, 0.25) is 0 Å². The Morgan fingerprint density at radius 2 is 0.730 bits per heavy atom. The Morgan fingerprint density at radius 3 is 1.03 bits per heavy atom. The van der Waals surface area contributed by atoms with Crippen molar-refractivity contribution in [1.82, 2.24) is 0 Å². The van der Waals surface area contributed by atoms with Gasteiger partial charge < -0.3 is 18.4 Å². The van der Waals surface area contributed by atoms with Gasteiger partial charge in [-0.3, -0.25) is 0 Å². The van der Waals surface area contributed by atoms with Crippen molar-refractivity contribution in [2.24, 2.45) is 5.41 Å². The van der Waals surface area contributed by atoms with Crippen LogP contribution in [0.15, 0.2) is 0 Å². The van der Waals surface area contributed by atoms with E-state index in [4.69, 9.17) is 9.47 Å². The first-order valence-electron chi connectivity index (χ1n) is 16.3. The molecule has 0 fully saturated rings. The highest BCUT2D eigenvalue weighted by molar-refractivity contribution is 4.80. The fourth-order valence-electron chi connectivity index (χ4n) is 4.85. The van der Waals surface area contributed by atoms with Gasteiger partial charge in [-0.15, -0.1) is 0 Å². The summed E-state index contributed by atoms with van der Waals surface area (Å²) in [6.07, 6.45) is 24.0. The quantitative estimate of drug-likeness (QED) is 0.0749. The van der Waals surface area contributed by atoms with Crippen LogP contribution in [0.2, 0.25) is 0 Å². The summed E-state index contributed by atoms with van der Waals surface area (Å²) >= 11 is 0. The van der Waals surface area contributed by atoms with Crippen LogP contribution in [0, 0.1) is 5.41 Å². The summed E-state index contributed by atoms with van der Waals surface area (Å²) < 4.78 is 14.9. The Morgan fingerprint density at radius 1 is 0.432 bits per heavy atom. The summed E-state index contributed by atoms with van der Waals surface area (Å²) in [6.45, 7) is 10.4. The summed E-state index contributed by atoms with van der Waals surface area (Å²) in [6, 6.07) is 0. The molecule has 0 saturated carbocycles. The van der Waals surface area contributed by atoms with Crippen molar-refractivity contribution in [3.8, 4) is 0 Å². The molecule has 0 heterocycles. The third kappa shape index (κ3) is 25.9. The molecule has 0 saturated heterocycles. The van der Waals surface area contributed by atoms with E-state index in [1.165, 1.54) is 129 Å². The monoisotopic (exact) mass is 529 g/mol. The Kier molecular flexibility index (Phi) is 22.5. The predicted molar refractivity (Wildman–Crippen MR) is 164 cm³/mol. The third-order valence-corrected chi connectivity index (χ3v) is 7.73. The number of unbranched alkanes of at least 4 members (excludes halogenated alkanes) is 14. The Labute approximate surface area is 235 Å². The maximum absolute atomic E-state index is 6.42. The Bertz CT molecular complexity index is 438. The van der Waals surface area contributed by atoms with Crippen LogP contribution in [0.4, 0.5) is 0 Å². The second kappa shape index (κ2) is 22.6. The fourth-order valence-corrected chi connectivity index (χ4v) is 4.85. The molecule has 0 aliphatic rings. The molecule has 4 nitrogen and oxygen atoms in total. The van der Waals surface area contributed by atoms with E-state index in [2.05, 4.69) is 56.1 Å². The zero-order valence-electron chi connectivity index (χ0n) is 27.2.